The summed E-state index contributed by atoms with van der Waals surface area (Å²) in [6.07, 6.45) is 6.06. The molecule has 1 N–H and O–H groups in total. The summed E-state index contributed by atoms with van der Waals surface area (Å²) in [6, 6.07) is 7.27. The van der Waals surface area contributed by atoms with Crippen LogP contribution in [0, 0.1) is 0 Å². The van der Waals surface area contributed by atoms with Gasteiger partial charge in [0.25, 0.3) is 0 Å². The van der Waals surface area contributed by atoms with Gasteiger partial charge in [-0.1, -0.05) is 18.2 Å². The van der Waals surface area contributed by atoms with E-state index in [9.17, 15) is 9.59 Å². The molecule has 0 unspecified atom stereocenters. The van der Waals surface area contributed by atoms with Crippen LogP contribution >= 0.6 is 0 Å². The van der Waals surface area contributed by atoms with Crippen molar-refractivity contribution in [3.8, 4) is 0 Å². The standard InChI is InChI=1S/C16H19NO3/c1-20-15(18)11-17-14-10-6-5-9-13(14)16(19)12-7-3-2-4-8-12/h5-7,9-10,17H,2-4,8,11H2,1H3. The molecule has 20 heavy (non-hydrogen) atoms. The minimum atomic E-state index is -0.357. The van der Waals surface area contributed by atoms with Crippen molar-refractivity contribution in [2.75, 3.05) is 19.0 Å². The molecule has 0 fully saturated rings. The monoisotopic (exact) mass is 273 g/mol. The second kappa shape index (κ2) is 6.89. The van der Waals surface area contributed by atoms with Crippen molar-refractivity contribution in [2.24, 2.45) is 0 Å². The fourth-order valence-electron chi connectivity index (χ4n) is 2.29. The number of rotatable bonds is 5. The largest absolute Gasteiger partial charge is 0.468 e. The molecular weight excluding hydrogens is 254 g/mol. The van der Waals surface area contributed by atoms with E-state index in [1.807, 2.05) is 18.2 Å². The minimum Gasteiger partial charge on any atom is -0.468 e. The van der Waals surface area contributed by atoms with Crippen molar-refractivity contribution in [3.63, 3.8) is 0 Å². The van der Waals surface area contributed by atoms with Gasteiger partial charge in [0.2, 0.25) is 0 Å². The summed E-state index contributed by atoms with van der Waals surface area (Å²) in [5, 5.41) is 2.96. The maximum atomic E-state index is 12.5. The molecule has 2 rings (SSSR count). The molecule has 0 radical (unpaired) electrons. The van der Waals surface area contributed by atoms with Gasteiger partial charge in [0.05, 0.1) is 7.11 Å². The van der Waals surface area contributed by atoms with Gasteiger partial charge in [-0.2, -0.15) is 0 Å². The van der Waals surface area contributed by atoms with Crippen LogP contribution in [0.3, 0.4) is 0 Å². The molecule has 1 aromatic rings. The zero-order valence-electron chi connectivity index (χ0n) is 11.6. The first-order valence-electron chi connectivity index (χ1n) is 6.86. The number of methoxy groups -OCH3 is 1. The van der Waals surface area contributed by atoms with E-state index in [1.165, 1.54) is 7.11 Å². The van der Waals surface area contributed by atoms with Gasteiger partial charge in [-0.15, -0.1) is 0 Å². The van der Waals surface area contributed by atoms with Gasteiger partial charge in [-0.25, -0.2) is 0 Å². The van der Waals surface area contributed by atoms with Gasteiger partial charge in [-0.3, -0.25) is 9.59 Å². The Hall–Kier alpha value is -2.10. The van der Waals surface area contributed by atoms with Crippen LogP contribution in [0.25, 0.3) is 0 Å². The first kappa shape index (κ1) is 14.3. The van der Waals surface area contributed by atoms with Crippen LogP contribution in [0.5, 0.6) is 0 Å². The van der Waals surface area contributed by atoms with Crippen molar-refractivity contribution >= 4 is 17.4 Å². The number of hydrogen-bond acceptors (Lipinski definition) is 4. The zero-order valence-corrected chi connectivity index (χ0v) is 11.6. The number of esters is 1. The Labute approximate surface area is 118 Å². The molecule has 1 aromatic carbocycles. The number of benzene rings is 1. The average molecular weight is 273 g/mol. The summed E-state index contributed by atoms with van der Waals surface area (Å²) in [5.74, 6) is -0.304. The number of ether oxygens (including phenoxy) is 1. The lowest BCUT2D eigenvalue weighted by Crippen LogP contribution is -2.17. The first-order chi connectivity index (χ1) is 9.72. The summed E-state index contributed by atoms with van der Waals surface area (Å²) in [7, 11) is 1.34. The van der Waals surface area contributed by atoms with Crippen LogP contribution in [0.15, 0.2) is 35.9 Å². The highest BCUT2D eigenvalue weighted by Gasteiger charge is 2.17. The highest BCUT2D eigenvalue weighted by atomic mass is 16.5. The average Bonchev–Trinajstić information content (AvgIpc) is 2.53. The smallest absolute Gasteiger partial charge is 0.325 e. The number of ketones is 1. The first-order valence-corrected chi connectivity index (χ1v) is 6.86. The number of carbonyl (C=O) groups excluding carboxylic acids is 2. The van der Waals surface area contributed by atoms with Gasteiger partial charge in [0.1, 0.15) is 6.54 Å². The topological polar surface area (TPSA) is 55.4 Å². The molecule has 4 heteroatoms. The van der Waals surface area contributed by atoms with Gasteiger partial charge < -0.3 is 10.1 Å². The molecule has 0 bridgehead atoms. The fourth-order valence-corrected chi connectivity index (χ4v) is 2.29. The zero-order chi connectivity index (χ0) is 14.4. The quantitative estimate of drug-likeness (QED) is 0.662. The number of hydrogen-bond donors (Lipinski definition) is 1. The Morgan fingerprint density at radius 3 is 2.75 bits per heavy atom. The third kappa shape index (κ3) is 3.47. The molecule has 0 aliphatic heterocycles. The lowest BCUT2D eigenvalue weighted by atomic mass is 9.92. The maximum absolute atomic E-state index is 12.5. The molecular formula is C16H19NO3. The Bertz CT molecular complexity index is 534. The summed E-state index contributed by atoms with van der Waals surface area (Å²) in [4.78, 5) is 23.7. The third-order valence-corrected chi connectivity index (χ3v) is 3.41. The number of nitrogens with one attached hydrogen (secondary N) is 1. The highest BCUT2D eigenvalue weighted by molar-refractivity contribution is 6.12. The minimum absolute atomic E-state index is 0.0534. The summed E-state index contributed by atoms with van der Waals surface area (Å²) in [6.45, 7) is 0.0554. The van der Waals surface area contributed by atoms with Gasteiger partial charge in [0, 0.05) is 11.3 Å². The normalized spacial score (nSPS) is 14.3. The van der Waals surface area contributed by atoms with Gasteiger partial charge in [0.15, 0.2) is 5.78 Å². The summed E-state index contributed by atoms with van der Waals surface area (Å²) in [5.41, 5.74) is 2.17. The Morgan fingerprint density at radius 1 is 1.25 bits per heavy atom. The van der Waals surface area contributed by atoms with Crippen LogP contribution in [0.1, 0.15) is 36.0 Å². The van der Waals surface area contributed by atoms with Crippen LogP contribution in [0.4, 0.5) is 5.69 Å². The van der Waals surface area contributed by atoms with Gasteiger partial charge >= 0.3 is 5.97 Å². The van der Waals surface area contributed by atoms with Crippen LogP contribution in [-0.2, 0) is 9.53 Å². The van der Waals surface area contributed by atoms with E-state index >= 15 is 0 Å². The second-order valence-electron chi connectivity index (χ2n) is 4.78. The molecule has 0 atom stereocenters. The van der Waals surface area contributed by atoms with Crippen molar-refractivity contribution in [2.45, 2.75) is 25.7 Å². The molecule has 0 amide bonds. The van der Waals surface area contributed by atoms with Crippen molar-refractivity contribution < 1.29 is 14.3 Å². The van der Waals surface area contributed by atoms with E-state index in [2.05, 4.69) is 10.1 Å². The van der Waals surface area contributed by atoms with Crippen molar-refractivity contribution in [1.82, 2.24) is 0 Å². The highest BCUT2D eigenvalue weighted by Crippen LogP contribution is 2.25. The molecule has 4 nitrogen and oxygen atoms in total. The lowest BCUT2D eigenvalue weighted by molar-refractivity contribution is -0.138. The van der Waals surface area contributed by atoms with E-state index in [0.29, 0.717) is 11.3 Å². The molecule has 106 valence electrons. The summed E-state index contributed by atoms with van der Waals surface area (Å²) >= 11 is 0. The van der Waals surface area contributed by atoms with E-state index in [1.54, 1.807) is 12.1 Å². The SMILES string of the molecule is COC(=O)CNc1ccccc1C(=O)C1=CCCCC1. The molecule has 1 aliphatic carbocycles. The van der Waals surface area contributed by atoms with E-state index in [0.717, 1.165) is 31.3 Å². The van der Waals surface area contributed by atoms with Crippen LogP contribution < -0.4 is 5.32 Å². The van der Waals surface area contributed by atoms with Crippen molar-refractivity contribution in [1.29, 1.82) is 0 Å². The molecule has 1 aliphatic rings. The molecule has 0 heterocycles. The van der Waals surface area contributed by atoms with Gasteiger partial charge in [-0.05, 0) is 43.4 Å². The molecule has 0 spiro atoms. The van der Waals surface area contributed by atoms with Crippen LogP contribution in [0.2, 0.25) is 0 Å². The molecule has 0 saturated carbocycles. The Morgan fingerprint density at radius 2 is 2.05 bits per heavy atom. The third-order valence-electron chi connectivity index (χ3n) is 3.41. The lowest BCUT2D eigenvalue weighted by Gasteiger charge is -2.14. The number of Topliss-reactive ketones (excluding diaryl/α,β-unsaturated/α-hetero) is 1. The van der Waals surface area contributed by atoms with Crippen molar-refractivity contribution in [3.05, 3.63) is 41.5 Å². The number of carbonyl (C=O) groups is 2. The fraction of sp³-hybridized carbons (Fsp3) is 0.375. The van der Waals surface area contributed by atoms with Crippen LogP contribution in [-0.4, -0.2) is 25.4 Å². The van der Waals surface area contributed by atoms with E-state index in [-0.39, 0.29) is 18.3 Å². The Balaban J connectivity index is 2.16. The van der Waals surface area contributed by atoms with E-state index < -0.39 is 0 Å². The van der Waals surface area contributed by atoms with E-state index in [4.69, 9.17) is 0 Å². The predicted molar refractivity (Wildman–Crippen MR) is 77.8 cm³/mol. The molecule has 0 aromatic heterocycles. The Kier molecular flexibility index (Phi) is 4.93. The number of para-hydroxylation sites is 1. The summed E-state index contributed by atoms with van der Waals surface area (Å²) < 4.78 is 4.59. The number of allylic oxidation sites excluding steroid dienone is 2. The number of anilines is 1. The second-order valence-corrected chi connectivity index (χ2v) is 4.78. The maximum Gasteiger partial charge on any atom is 0.325 e. The molecule has 0 saturated heterocycles. The predicted octanol–water partition coefficient (Wildman–Crippen LogP) is 2.95.